The van der Waals surface area contributed by atoms with Gasteiger partial charge in [0.2, 0.25) is 0 Å². The number of carbonyl (C=O) groups excluding carboxylic acids is 1. The SMILES string of the molecule is CCC(=CCNC(C)C1CCC1)C(=O)OC. The topological polar surface area (TPSA) is 38.3 Å². The monoisotopic (exact) mass is 225 g/mol. The first-order valence-electron chi connectivity index (χ1n) is 6.19. The van der Waals surface area contributed by atoms with Crippen LogP contribution in [0.25, 0.3) is 0 Å². The number of hydrogen-bond acceptors (Lipinski definition) is 3. The molecule has 1 aliphatic carbocycles. The first-order chi connectivity index (χ1) is 7.69. The Morgan fingerprint density at radius 1 is 1.56 bits per heavy atom. The maximum absolute atomic E-state index is 11.3. The van der Waals surface area contributed by atoms with Gasteiger partial charge < -0.3 is 10.1 Å². The quantitative estimate of drug-likeness (QED) is 0.556. The third kappa shape index (κ3) is 3.63. The van der Waals surface area contributed by atoms with E-state index < -0.39 is 0 Å². The molecule has 1 N–H and O–H groups in total. The van der Waals surface area contributed by atoms with Gasteiger partial charge in [-0.05, 0) is 32.1 Å². The molecule has 1 saturated carbocycles. The lowest BCUT2D eigenvalue weighted by Crippen LogP contribution is -2.37. The van der Waals surface area contributed by atoms with Gasteiger partial charge in [0, 0.05) is 18.2 Å². The molecule has 0 amide bonds. The van der Waals surface area contributed by atoms with Gasteiger partial charge in [-0.25, -0.2) is 4.79 Å². The van der Waals surface area contributed by atoms with Gasteiger partial charge in [-0.2, -0.15) is 0 Å². The molecular weight excluding hydrogens is 202 g/mol. The maximum atomic E-state index is 11.3. The van der Waals surface area contributed by atoms with Crippen molar-refractivity contribution in [2.24, 2.45) is 5.92 Å². The summed E-state index contributed by atoms with van der Waals surface area (Å²) in [6.07, 6.45) is 6.73. The van der Waals surface area contributed by atoms with Crippen molar-refractivity contribution in [3.63, 3.8) is 0 Å². The normalized spacial score (nSPS) is 19.1. The zero-order valence-corrected chi connectivity index (χ0v) is 10.6. The fraction of sp³-hybridized carbons (Fsp3) is 0.769. The average molecular weight is 225 g/mol. The summed E-state index contributed by atoms with van der Waals surface area (Å²) in [5.41, 5.74) is 0.760. The lowest BCUT2D eigenvalue weighted by atomic mass is 9.80. The van der Waals surface area contributed by atoms with E-state index in [0.717, 1.165) is 24.5 Å². The molecule has 3 heteroatoms. The molecule has 1 rings (SSSR count). The number of methoxy groups -OCH3 is 1. The minimum absolute atomic E-state index is 0.208. The molecule has 0 bridgehead atoms. The highest BCUT2D eigenvalue weighted by atomic mass is 16.5. The van der Waals surface area contributed by atoms with Gasteiger partial charge in [0.1, 0.15) is 0 Å². The van der Waals surface area contributed by atoms with E-state index >= 15 is 0 Å². The smallest absolute Gasteiger partial charge is 0.333 e. The summed E-state index contributed by atoms with van der Waals surface area (Å²) in [6.45, 7) is 4.95. The highest BCUT2D eigenvalue weighted by molar-refractivity contribution is 5.88. The van der Waals surface area contributed by atoms with E-state index in [1.165, 1.54) is 26.4 Å². The van der Waals surface area contributed by atoms with Gasteiger partial charge in [0.15, 0.2) is 0 Å². The Morgan fingerprint density at radius 2 is 2.25 bits per heavy atom. The van der Waals surface area contributed by atoms with Crippen LogP contribution in [0.2, 0.25) is 0 Å². The molecule has 1 aliphatic rings. The highest BCUT2D eigenvalue weighted by Crippen LogP contribution is 2.29. The van der Waals surface area contributed by atoms with Gasteiger partial charge in [-0.1, -0.05) is 19.4 Å². The predicted octanol–water partition coefficient (Wildman–Crippen LogP) is 2.27. The number of rotatable bonds is 6. The van der Waals surface area contributed by atoms with Crippen LogP contribution in [0.4, 0.5) is 0 Å². The first kappa shape index (κ1) is 13.2. The second-order valence-corrected chi connectivity index (χ2v) is 4.46. The number of nitrogens with one attached hydrogen (secondary N) is 1. The summed E-state index contributed by atoms with van der Waals surface area (Å²) in [4.78, 5) is 11.3. The van der Waals surface area contributed by atoms with Gasteiger partial charge >= 0.3 is 5.97 Å². The van der Waals surface area contributed by atoms with Crippen LogP contribution in [0.5, 0.6) is 0 Å². The summed E-state index contributed by atoms with van der Waals surface area (Å²) >= 11 is 0. The molecule has 16 heavy (non-hydrogen) atoms. The molecule has 0 radical (unpaired) electrons. The van der Waals surface area contributed by atoms with Crippen molar-refractivity contribution < 1.29 is 9.53 Å². The molecule has 0 saturated heterocycles. The molecule has 1 fully saturated rings. The number of carbonyl (C=O) groups is 1. The Labute approximate surface area is 98.2 Å². The molecule has 1 atom stereocenters. The van der Waals surface area contributed by atoms with Crippen LogP contribution in [0, 0.1) is 5.92 Å². The molecule has 0 aromatic carbocycles. The third-order valence-corrected chi connectivity index (χ3v) is 3.47. The van der Waals surface area contributed by atoms with E-state index in [1.54, 1.807) is 0 Å². The van der Waals surface area contributed by atoms with Crippen molar-refractivity contribution in [2.75, 3.05) is 13.7 Å². The molecule has 0 spiro atoms. The van der Waals surface area contributed by atoms with Crippen molar-refractivity contribution in [3.05, 3.63) is 11.6 Å². The number of hydrogen-bond donors (Lipinski definition) is 1. The fourth-order valence-electron chi connectivity index (χ4n) is 1.98. The summed E-state index contributed by atoms with van der Waals surface area (Å²) in [5, 5.41) is 3.44. The van der Waals surface area contributed by atoms with E-state index in [4.69, 9.17) is 4.74 Å². The van der Waals surface area contributed by atoms with Crippen LogP contribution in [0.15, 0.2) is 11.6 Å². The fourth-order valence-corrected chi connectivity index (χ4v) is 1.98. The second kappa shape index (κ2) is 6.69. The summed E-state index contributed by atoms with van der Waals surface area (Å²) in [7, 11) is 1.43. The molecule has 3 nitrogen and oxygen atoms in total. The summed E-state index contributed by atoms with van der Waals surface area (Å²) in [6, 6.07) is 0.556. The van der Waals surface area contributed by atoms with Crippen LogP contribution in [0.3, 0.4) is 0 Å². The van der Waals surface area contributed by atoms with E-state index in [9.17, 15) is 4.79 Å². The van der Waals surface area contributed by atoms with E-state index in [1.807, 2.05) is 13.0 Å². The molecule has 0 aromatic heterocycles. The molecule has 0 aromatic rings. The van der Waals surface area contributed by atoms with Crippen molar-refractivity contribution in [1.82, 2.24) is 5.32 Å². The highest BCUT2D eigenvalue weighted by Gasteiger charge is 2.22. The third-order valence-electron chi connectivity index (χ3n) is 3.47. The minimum atomic E-state index is -0.208. The molecular formula is C13H23NO2. The molecule has 1 unspecified atom stereocenters. The van der Waals surface area contributed by atoms with Crippen LogP contribution in [-0.2, 0) is 9.53 Å². The lowest BCUT2D eigenvalue weighted by molar-refractivity contribution is -0.136. The molecule has 92 valence electrons. The van der Waals surface area contributed by atoms with Crippen LogP contribution >= 0.6 is 0 Å². The van der Waals surface area contributed by atoms with Crippen LogP contribution < -0.4 is 5.32 Å². The molecule has 0 heterocycles. The molecule has 0 aliphatic heterocycles. The first-order valence-corrected chi connectivity index (χ1v) is 6.19. The van der Waals surface area contributed by atoms with Gasteiger partial charge in [0.05, 0.1) is 7.11 Å². The van der Waals surface area contributed by atoms with Crippen molar-refractivity contribution in [1.29, 1.82) is 0 Å². The van der Waals surface area contributed by atoms with Gasteiger partial charge in [-0.3, -0.25) is 0 Å². The van der Waals surface area contributed by atoms with Gasteiger partial charge in [-0.15, -0.1) is 0 Å². The van der Waals surface area contributed by atoms with Crippen molar-refractivity contribution in [2.45, 2.75) is 45.6 Å². The van der Waals surface area contributed by atoms with E-state index in [0.29, 0.717) is 6.04 Å². The Morgan fingerprint density at radius 3 is 2.69 bits per heavy atom. The average Bonchev–Trinajstić information content (AvgIpc) is 2.21. The Balaban J connectivity index is 2.30. The standard InChI is InChI=1S/C13H23NO2/c1-4-11(13(15)16-3)8-9-14-10(2)12-6-5-7-12/h8,10,12,14H,4-7,9H2,1-3H3. The minimum Gasteiger partial charge on any atom is -0.466 e. The lowest BCUT2D eigenvalue weighted by Gasteiger charge is -2.31. The summed E-state index contributed by atoms with van der Waals surface area (Å²) < 4.78 is 4.71. The van der Waals surface area contributed by atoms with Crippen LogP contribution in [-0.4, -0.2) is 25.7 Å². The van der Waals surface area contributed by atoms with Crippen molar-refractivity contribution in [3.8, 4) is 0 Å². The van der Waals surface area contributed by atoms with E-state index in [-0.39, 0.29) is 5.97 Å². The zero-order chi connectivity index (χ0) is 12.0. The Kier molecular flexibility index (Phi) is 5.53. The second-order valence-electron chi connectivity index (χ2n) is 4.46. The maximum Gasteiger partial charge on any atom is 0.333 e. The summed E-state index contributed by atoms with van der Waals surface area (Å²) in [5.74, 6) is 0.622. The number of esters is 1. The van der Waals surface area contributed by atoms with Crippen LogP contribution in [0.1, 0.15) is 39.5 Å². The van der Waals surface area contributed by atoms with Gasteiger partial charge in [0.25, 0.3) is 0 Å². The number of ether oxygens (including phenoxy) is 1. The Hall–Kier alpha value is -0.830. The Bertz CT molecular complexity index is 257. The zero-order valence-electron chi connectivity index (χ0n) is 10.6. The van der Waals surface area contributed by atoms with Crippen molar-refractivity contribution >= 4 is 5.97 Å². The largest absolute Gasteiger partial charge is 0.466 e. The predicted molar refractivity (Wildman–Crippen MR) is 65.2 cm³/mol. The van der Waals surface area contributed by atoms with E-state index in [2.05, 4.69) is 12.2 Å².